The lowest BCUT2D eigenvalue weighted by Crippen LogP contribution is -2.29. The second-order valence-electron chi connectivity index (χ2n) is 2.33. The Morgan fingerprint density at radius 1 is 1.62 bits per heavy atom. The monoisotopic (exact) mass is 189 g/mol. The highest BCUT2D eigenvalue weighted by atomic mass is 16.4. The molecule has 0 saturated carbocycles. The van der Waals surface area contributed by atoms with E-state index in [4.69, 9.17) is 27.6 Å². The lowest BCUT2D eigenvalue weighted by Gasteiger charge is -2.03. The molecule has 7 nitrogen and oxygen atoms in total. The summed E-state index contributed by atoms with van der Waals surface area (Å²) in [6.45, 7) is 0.604. The third-order valence-electron chi connectivity index (χ3n) is 1.29. The van der Waals surface area contributed by atoms with Crippen LogP contribution in [-0.4, -0.2) is 23.7 Å². The summed E-state index contributed by atoms with van der Waals surface area (Å²) in [5.74, 6) is -0.933. The molecule has 0 amide bonds. The molecular formula is C6H15N5O2. The Morgan fingerprint density at radius 3 is 2.38 bits per heavy atom. The lowest BCUT2D eigenvalue weighted by atomic mass is 10.1. The molecule has 1 atom stereocenters. The molecule has 0 aromatic rings. The van der Waals surface area contributed by atoms with E-state index in [2.05, 4.69) is 0 Å². The first-order valence-electron chi connectivity index (χ1n) is 3.79. The van der Waals surface area contributed by atoms with Gasteiger partial charge in [0, 0.05) is 0 Å². The Bertz CT molecular complexity index is 166. The zero-order chi connectivity index (χ0) is 10.7. The quantitative estimate of drug-likeness (QED) is 0.214. The van der Waals surface area contributed by atoms with E-state index < -0.39 is 12.0 Å². The standard InChI is InChI=1S/C6H14N2O2.HN3/c7-4-2-1-3-5(8)6(9)10;1-3-2/h5H,1-4,7-8H2,(H,9,10);1H. The number of hydrogen-bond donors (Lipinski definition) is 4. The number of carbonyl (C=O) groups is 1. The Balaban J connectivity index is 0. The van der Waals surface area contributed by atoms with Gasteiger partial charge in [-0.15, -0.1) is 5.53 Å². The van der Waals surface area contributed by atoms with Crippen molar-refractivity contribution in [3.8, 4) is 0 Å². The van der Waals surface area contributed by atoms with Gasteiger partial charge in [-0.1, -0.05) is 6.42 Å². The minimum atomic E-state index is -0.933. The maximum atomic E-state index is 10.1. The molecule has 7 heteroatoms. The number of aliphatic carboxylic acids is 1. The maximum Gasteiger partial charge on any atom is 0.320 e. The van der Waals surface area contributed by atoms with E-state index in [9.17, 15) is 4.79 Å². The fourth-order valence-corrected chi connectivity index (χ4v) is 0.632. The number of rotatable bonds is 5. The van der Waals surface area contributed by atoms with Gasteiger partial charge < -0.3 is 16.6 Å². The normalized spacial score (nSPS) is 10.6. The zero-order valence-corrected chi connectivity index (χ0v) is 7.31. The van der Waals surface area contributed by atoms with Crippen LogP contribution in [0.1, 0.15) is 19.3 Å². The molecule has 6 N–H and O–H groups in total. The summed E-state index contributed by atoms with van der Waals surface area (Å²) in [5, 5.41) is 8.33. The molecule has 76 valence electrons. The van der Waals surface area contributed by atoms with Crippen molar-refractivity contribution in [2.45, 2.75) is 25.3 Å². The van der Waals surface area contributed by atoms with Gasteiger partial charge in [-0.05, 0) is 29.8 Å². The molecular weight excluding hydrogens is 174 g/mol. The smallest absolute Gasteiger partial charge is 0.320 e. The molecule has 0 aliphatic rings. The van der Waals surface area contributed by atoms with Crippen molar-refractivity contribution in [2.24, 2.45) is 11.5 Å². The van der Waals surface area contributed by atoms with E-state index in [1.54, 1.807) is 4.91 Å². The summed E-state index contributed by atoms with van der Waals surface area (Å²) in [7, 11) is 0. The number of nitrogens with zero attached hydrogens (tertiary/aromatic N) is 2. The minimum Gasteiger partial charge on any atom is -0.480 e. The number of carboxylic acids is 1. The molecule has 0 aromatic carbocycles. The van der Waals surface area contributed by atoms with Crippen LogP contribution in [0.25, 0.3) is 10.4 Å². The van der Waals surface area contributed by atoms with Gasteiger partial charge in [0.05, 0.1) is 0 Å². The average molecular weight is 189 g/mol. The van der Waals surface area contributed by atoms with Crippen LogP contribution in [0.15, 0.2) is 0 Å². The van der Waals surface area contributed by atoms with Crippen molar-refractivity contribution in [1.29, 1.82) is 5.53 Å². The van der Waals surface area contributed by atoms with Crippen molar-refractivity contribution in [3.63, 3.8) is 0 Å². The van der Waals surface area contributed by atoms with Gasteiger partial charge in [0.2, 0.25) is 0 Å². The van der Waals surface area contributed by atoms with Gasteiger partial charge in [0.1, 0.15) is 6.04 Å². The molecule has 0 radical (unpaired) electrons. The van der Waals surface area contributed by atoms with Gasteiger partial charge >= 0.3 is 5.97 Å². The molecule has 0 aliphatic heterocycles. The first-order chi connectivity index (χ1) is 6.09. The lowest BCUT2D eigenvalue weighted by molar-refractivity contribution is -0.138. The minimum absolute atomic E-state index is 0.520. The SMILES string of the molecule is NCCCCC(N)C(=O)O.[N-]=[N+]=N. The van der Waals surface area contributed by atoms with Gasteiger partial charge in [0.15, 0.2) is 0 Å². The maximum absolute atomic E-state index is 10.1. The third-order valence-corrected chi connectivity index (χ3v) is 1.29. The molecule has 0 aromatic heterocycles. The molecule has 0 rings (SSSR count). The fraction of sp³-hybridized carbons (Fsp3) is 0.833. The Kier molecular flexibility index (Phi) is 11.7. The molecule has 13 heavy (non-hydrogen) atoms. The molecule has 0 heterocycles. The van der Waals surface area contributed by atoms with Crippen LogP contribution in [0.4, 0.5) is 0 Å². The number of carboxylic acid groups (broad SMARTS) is 1. The Morgan fingerprint density at radius 2 is 2.08 bits per heavy atom. The van der Waals surface area contributed by atoms with Crippen LogP contribution in [0.3, 0.4) is 0 Å². The van der Waals surface area contributed by atoms with Gasteiger partial charge in [-0.2, -0.15) is 0 Å². The molecule has 0 saturated heterocycles. The van der Waals surface area contributed by atoms with Gasteiger partial charge in [0.25, 0.3) is 0 Å². The topological polar surface area (TPSA) is 150 Å². The predicted molar refractivity (Wildman–Crippen MR) is 48.0 cm³/mol. The number of hydrogen-bond acceptors (Lipinski definition) is 4. The van der Waals surface area contributed by atoms with Gasteiger partial charge in [-0.3, -0.25) is 4.79 Å². The fourth-order valence-electron chi connectivity index (χ4n) is 0.632. The third kappa shape index (κ3) is 13.7. The van der Waals surface area contributed by atoms with E-state index >= 15 is 0 Å². The number of nitrogens with one attached hydrogen (secondary N) is 1. The van der Waals surface area contributed by atoms with E-state index in [-0.39, 0.29) is 0 Å². The van der Waals surface area contributed by atoms with Crippen LogP contribution in [0.2, 0.25) is 0 Å². The first kappa shape index (κ1) is 14.2. The highest BCUT2D eigenvalue weighted by molar-refractivity contribution is 5.72. The predicted octanol–water partition coefficient (Wildman–Crippen LogP) is 0.403. The first-order valence-corrected chi connectivity index (χ1v) is 3.79. The van der Waals surface area contributed by atoms with Crippen LogP contribution in [0, 0.1) is 5.53 Å². The molecule has 1 unspecified atom stereocenters. The number of nitrogens with two attached hydrogens (primary N) is 2. The highest BCUT2D eigenvalue weighted by Crippen LogP contribution is 1.96. The van der Waals surface area contributed by atoms with Crippen molar-refractivity contribution in [3.05, 3.63) is 10.4 Å². The highest BCUT2D eigenvalue weighted by Gasteiger charge is 2.09. The summed E-state index contributed by atoms with van der Waals surface area (Å²) in [6.07, 6.45) is 2.16. The second kappa shape index (κ2) is 10.7. The second-order valence-corrected chi connectivity index (χ2v) is 2.33. The summed E-state index contributed by atoms with van der Waals surface area (Å²) < 4.78 is 0. The van der Waals surface area contributed by atoms with Crippen molar-refractivity contribution in [2.75, 3.05) is 6.54 Å². The van der Waals surface area contributed by atoms with Crippen LogP contribution >= 0.6 is 0 Å². The van der Waals surface area contributed by atoms with Gasteiger partial charge in [-0.25, -0.2) is 0 Å². The van der Waals surface area contributed by atoms with E-state index in [0.717, 1.165) is 12.8 Å². The largest absolute Gasteiger partial charge is 0.480 e. The van der Waals surface area contributed by atoms with E-state index in [0.29, 0.717) is 13.0 Å². The molecule has 0 fully saturated rings. The molecule has 0 bridgehead atoms. The van der Waals surface area contributed by atoms with Crippen molar-refractivity contribution < 1.29 is 9.90 Å². The summed E-state index contributed by atoms with van der Waals surface area (Å²) in [5.41, 5.74) is 22.7. The van der Waals surface area contributed by atoms with Crippen LogP contribution < -0.4 is 11.5 Å². The van der Waals surface area contributed by atoms with Crippen molar-refractivity contribution in [1.82, 2.24) is 0 Å². The molecule has 0 spiro atoms. The average Bonchev–Trinajstić information content (AvgIpc) is 2.06. The number of unbranched alkanes of at least 4 members (excludes halogenated alkanes) is 1. The Hall–Kier alpha value is -1.30. The zero-order valence-electron chi connectivity index (χ0n) is 7.31. The van der Waals surface area contributed by atoms with E-state index in [1.165, 1.54) is 0 Å². The molecule has 0 aliphatic carbocycles. The van der Waals surface area contributed by atoms with Crippen molar-refractivity contribution >= 4 is 5.97 Å². The Labute approximate surface area is 76.1 Å². The summed E-state index contributed by atoms with van der Waals surface area (Å²) in [4.78, 5) is 11.9. The summed E-state index contributed by atoms with van der Waals surface area (Å²) in [6, 6.07) is -0.716. The van der Waals surface area contributed by atoms with Crippen LogP contribution in [0.5, 0.6) is 0 Å². The van der Waals surface area contributed by atoms with E-state index in [1.807, 2.05) is 0 Å². The summed E-state index contributed by atoms with van der Waals surface area (Å²) >= 11 is 0. The van der Waals surface area contributed by atoms with Crippen LogP contribution in [-0.2, 0) is 4.79 Å².